The minimum Gasteiger partial charge on any atom is -0.508 e. The quantitative estimate of drug-likeness (QED) is 0.690. The van der Waals surface area contributed by atoms with Gasteiger partial charge in [-0.25, -0.2) is 4.39 Å². The van der Waals surface area contributed by atoms with E-state index in [-0.39, 0.29) is 11.3 Å². The molecule has 0 radical (unpaired) electrons. The standard InChI is InChI=1S/C14H20FN3O2/c15-13-10-11(19)2-3-12(13)14(20)17-4-1-7-18-8-5-16-6-9-18/h2-3,10,16,19H,1,4-9H2,(H,17,20). The molecule has 1 aliphatic heterocycles. The molecule has 0 unspecified atom stereocenters. The molecular formula is C14H20FN3O2. The van der Waals surface area contributed by atoms with E-state index < -0.39 is 11.7 Å². The number of nitrogens with zero attached hydrogens (tertiary/aromatic N) is 1. The summed E-state index contributed by atoms with van der Waals surface area (Å²) in [6, 6.07) is 3.53. The number of nitrogens with one attached hydrogen (secondary N) is 2. The van der Waals surface area contributed by atoms with Crippen LogP contribution in [-0.2, 0) is 0 Å². The molecular weight excluding hydrogens is 261 g/mol. The average Bonchev–Trinajstić information content (AvgIpc) is 2.44. The van der Waals surface area contributed by atoms with Crippen LogP contribution in [0.4, 0.5) is 4.39 Å². The van der Waals surface area contributed by atoms with E-state index in [1.807, 2.05) is 0 Å². The zero-order valence-corrected chi connectivity index (χ0v) is 11.4. The van der Waals surface area contributed by atoms with Crippen molar-refractivity contribution in [3.63, 3.8) is 0 Å². The number of phenols is 1. The number of piperazine rings is 1. The number of carbonyl (C=O) groups is 1. The van der Waals surface area contributed by atoms with Gasteiger partial charge in [0.15, 0.2) is 0 Å². The molecule has 0 bridgehead atoms. The number of rotatable bonds is 5. The number of benzene rings is 1. The molecule has 3 N–H and O–H groups in total. The molecule has 0 saturated carbocycles. The maximum Gasteiger partial charge on any atom is 0.254 e. The number of halogens is 1. The summed E-state index contributed by atoms with van der Waals surface area (Å²) in [5.41, 5.74) is -0.0371. The van der Waals surface area contributed by atoms with E-state index in [1.54, 1.807) is 0 Å². The van der Waals surface area contributed by atoms with Crippen LogP contribution in [0.25, 0.3) is 0 Å². The summed E-state index contributed by atoms with van der Waals surface area (Å²) in [6.45, 7) is 5.51. The van der Waals surface area contributed by atoms with Crippen LogP contribution in [0.15, 0.2) is 18.2 Å². The highest BCUT2D eigenvalue weighted by Crippen LogP contribution is 2.14. The van der Waals surface area contributed by atoms with Gasteiger partial charge in [-0.3, -0.25) is 4.79 Å². The van der Waals surface area contributed by atoms with Gasteiger partial charge in [0, 0.05) is 38.8 Å². The van der Waals surface area contributed by atoms with Gasteiger partial charge in [-0.05, 0) is 25.1 Å². The number of carbonyl (C=O) groups excluding carboxylic acids is 1. The molecule has 1 saturated heterocycles. The van der Waals surface area contributed by atoms with Gasteiger partial charge in [-0.1, -0.05) is 0 Å². The molecule has 0 aliphatic carbocycles. The van der Waals surface area contributed by atoms with Gasteiger partial charge in [-0.15, -0.1) is 0 Å². The van der Waals surface area contributed by atoms with Crippen LogP contribution >= 0.6 is 0 Å². The smallest absolute Gasteiger partial charge is 0.254 e. The molecule has 0 aromatic heterocycles. The van der Waals surface area contributed by atoms with Gasteiger partial charge in [-0.2, -0.15) is 0 Å². The maximum absolute atomic E-state index is 13.5. The summed E-state index contributed by atoms with van der Waals surface area (Å²) >= 11 is 0. The SMILES string of the molecule is O=C(NCCCN1CCNCC1)c1ccc(O)cc1F. The summed E-state index contributed by atoms with van der Waals surface area (Å²) in [6.07, 6.45) is 0.839. The Hall–Kier alpha value is -1.66. The Morgan fingerprint density at radius 3 is 2.85 bits per heavy atom. The van der Waals surface area contributed by atoms with Crippen LogP contribution in [0.2, 0.25) is 0 Å². The van der Waals surface area contributed by atoms with E-state index in [0.717, 1.165) is 45.2 Å². The third-order valence-electron chi connectivity index (χ3n) is 3.34. The lowest BCUT2D eigenvalue weighted by atomic mass is 10.2. The number of hydrogen-bond acceptors (Lipinski definition) is 4. The molecule has 20 heavy (non-hydrogen) atoms. The second-order valence-electron chi connectivity index (χ2n) is 4.87. The van der Waals surface area contributed by atoms with E-state index in [4.69, 9.17) is 5.11 Å². The lowest BCUT2D eigenvalue weighted by Crippen LogP contribution is -2.44. The van der Waals surface area contributed by atoms with E-state index in [0.29, 0.717) is 6.54 Å². The van der Waals surface area contributed by atoms with Crippen LogP contribution in [-0.4, -0.2) is 55.2 Å². The molecule has 110 valence electrons. The minimum atomic E-state index is -0.704. The molecule has 1 aromatic rings. The first-order chi connectivity index (χ1) is 9.66. The van der Waals surface area contributed by atoms with Gasteiger partial charge < -0.3 is 20.6 Å². The number of hydrogen-bond donors (Lipinski definition) is 3. The summed E-state index contributed by atoms with van der Waals surface area (Å²) in [5, 5.41) is 15.1. The van der Waals surface area contributed by atoms with Crippen LogP contribution in [0.3, 0.4) is 0 Å². The van der Waals surface area contributed by atoms with Crippen LogP contribution in [0, 0.1) is 5.82 Å². The summed E-state index contributed by atoms with van der Waals surface area (Å²) in [5.74, 6) is -1.33. The van der Waals surface area contributed by atoms with Gasteiger partial charge in [0.25, 0.3) is 5.91 Å². The highest BCUT2D eigenvalue weighted by Gasteiger charge is 2.12. The first kappa shape index (κ1) is 14.7. The Labute approximate surface area is 117 Å². The van der Waals surface area contributed by atoms with Gasteiger partial charge in [0.1, 0.15) is 11.6 Å². The monoisotopic (exact) mass is 281 g/mol. The van der Waals surface area contributed by atoms with Crippen LogP contribution in [0.5, 0.6) is 5.75 Å². The molecule has 1 heterocycles. The van der Waals surface area contributed by atoms with E-state index in [2.05, 4.69) is 15.5 Å². The molecule has 6 heteroatoms. The molecule has 0 atom stereocenters. The highest BCUT2D eigenvalue weighted by molar-refractivity contribution is 5.94. The lowest BCUT2D eigenvalue weighted by Gasteiger charge is -2.27. The normalized spacial score (nSPS) is 16.1. The predicted octanol–water partition coefficient (Wildman–Crippen LogP) is 0.556. The van der Waals surface area contributed by atoms with Crippen molar-refractivity contribution in [3.8, 4) is 5.75 Å². The van der Waals surface area contributed by atoms with Crippen molar-refractivity contribution in [3.05, 3.63) is 29.6 Å². The van der Waals surface area contributed by atoms with E-state index >= 15 is 0 Å². The maximum atomic E-state index is 13.5. The van der Waals surface area contributed by atoms with Crippen molar-refractivity contribution in [1.29, 1.82) is 0 Å². The Kier molecular flexibility index (Phi) is 5.31. The molecule has 1 fully saturated rings. The number of phenolic OH excluding ortho intramolecular Hbond substituents is 1. The third-order valence-corrected chi connectivity index (χ3v) is 3.34. The first-order valence-electron chi connectivity index (χ1n) is 6.86. The summed E-state index contributed by atoms with van der Waals surface area (Å²) in [7, 11) is 0. The van der Waals surface area contributed by atoms with Crippen molar-refractivity contribution in [2.75, 3.05) is 39.3 Å². The fourth-order valence-corrected chi connectivity index (χ4v) is 2.22. The largest absolute Gasteiger partial charge is 0.508 e. The predicted molar refractivity (Wildman–Crippen MR) is 74.3 cm³/mol. The van der Waals surface area contributed by atoms with E-state index in [9.17, 15) is 9.18 Å². The minimum absolute atomic E-state index is 0.0371. The van der Waals surface area contributed by atoms with Crippen molar-refractivity contribution >= 4 is 5.91 Å². The third kappa shape index (κ3) is 4.18. The van der Waals surface area contributed by atoms with Crippen molar-refractivity contribution < 1.29 is 14.3 Å². The molecule has 1 amide bonds. The lowest BCUT2D eigenvalue weighted by molar-refractivity contribution is 0.0947. The zero-order chi connectivity index (χ0) is 14.4. The van der Waals surface area contributed by atoms with E-state index in [1.165, 1.54) is 12.1 Å². The van der Waals surface area contributed by atoms with Gasteiger partial charge >= 0.3 is 0 Å². The van der Waals surface area contributed by atoms with Gasteiger partial charge in [0.05, 0.1) is 5.56 Å². The topological polar surface area (TPSA) is 64.6 Å². The molecule has 1 aliphatic rings. The van der Waals surface area contributed by atoms with Gasteiger partial charge in [0.2, 0.25) is 0 Å². The molecule has 0 spiro atoms. The molecule has 2 rings (SSSR count). The van der Waals surface area contributed by atoms with Crippen molar-refractivity contribution in [2.45, 2.75) is 6.42 Å². The summed E-state index contributed by atoms with van der Waals surface area (Å²) < 4.78 is 13.5. The van der Waals surface area contributed by atoms with Crippen LogP contribution < -0.4 is 10.6 Å². The number of amides is 1. The highest BCUT2D eigenvalue weighted by atomic mass is 19.1. The average molecular weight is 281 g/mol. The second-order valence-corrected chi connectivity index (χ2v) is 4.87. The second kappa shape index (κ2) is 7.21. The Morgan fingerprint density at radius 1 is 1.40 bits per heavy atom. The van der Waals surface area contributed by atoms with Crippen LogP contribution in [0.1, 0.15) is 16.8 Å². The fourth-order valence-electron chi connectivity index (χ4n) is 2.22. The van der Waals surface area contributed by atoms with Crippen molar-refractivity contribution in [1.82, 2.24) is 15.5 Å². The molecule has 5 nitrogen and oxygen atoms in total. The Morgan fingerprint density at radius 2 is 2.15 bits per heavy atom. The Balaban J connectivity index is 1.72. The Bertz CT molecular complexity index is 462. The summed E-state index contributed by atoms with van der Waals surface area (Å²) in [4.78, 5) is 14.1. The fraction of sp³-hybridized carbons (Fsp3) is 0.500. The number of aromatic hydroxyl groups is 1. The zero-order valence-electron chi connectivity index (χ0n) is 11.4. The molecule has 1 aromatic carbocycles. The van der Waals surface area contributed by atoms with Crippen molar-refractivity contribution in [2.24, 2.45) is 0 Å². The first-order valence-corrected chi connectivity index (χ1v) is 6.86.